The van der Waals surface area contributed by atoms with E-state index in [4.69, 9.17) is 5.11 Å². The van der Waals surface area contributed by atoms with E-state index in [-0.39, 0.29) is 24.2 Å². The fourth-order valence-corrected chi connectivity index (χ4v) is 2.08. The van der Waals surface area contributed by atoms with Crippen molar-refractivity contribution in [2.75, 3.05) is 26.7 Å². The molecule has 0 spiro atoms. The summed E-state index contributed by atoms with van der Waals surface area (Å²) in [7, 11) is 1.43. The molecule has 102 valence electrons. The molecule has 2 unspecified atom stereocenters. The van der Waals surface area contributed by atoms with Gasteiger partial charge >= 0.3 is 12.0 Å². The van der Waals surface area contributed by atoms with Gasteiger partial charge in [0.15, 0.2) is 0 Å². The molecule has 3 amide bonds. The van der Waals surface area contributed by atoms with Crippen LogP contribution in [0, 0.1) is 11.8 Å². The van der Waals surface area contributed by atoms with Crippen LogP contribution in [0.15, 0.2) is 0 Å². The highest BCUT2D eigenvalue weighted by Crippen LogP contribution is 2.22. The molecule has 7 nitrogen and oxygen atoms in total. The molecule has 3 N–H and O–H groups in total. The number of nitrogens with zero attached hydrogens (tertiary/aromatic N) is 1. The Balaban J connectivity index is 2.31. The van der Waals surface area contributed by atoms with Gasteiger partial charge < -0.3 is 15.3 Å². The van der Waals surface area contributed by atoms with Gasteiger partial charge in [-0.15, -0.1) is 0 Å². The molecule has 1 rings (SSSR count). The standard InChI is InChI=1S/C11H19N3O4/c1-7-5-14(6-8(7)10(16)17)4-3-9(15)13-11(18)12-2/h7-8H,3-6H2,1-2H3,(H,16,17)(H2,12,13,15,18). The molecule has 0 aromatic carbocycles. The van der Waals surface area contributed by atoms with Gasteiger partial charge in [0.05, 0.1) is 5.92 Å². The van der Waals surface area contributed by atoms with Gasteiger partial charge in [-0.3, -0.25) is 14.9 Å². The van der Waals surface area contributed by atoms with Crippen LogP contribution in [0.4, 0.5) is 4.79 Å². The summed E-state index contributed by atoms with van der Waals surface area (Å²) >= 11 is 0. The zero-order valence-electron chi connectivity index (χ0n) is 10.6. The summed E-state index contributed by atoms with van der Waals surface area (Å²) in [6.07, 6.45) is 0.187. The normalized spacial score (nSPS) is 23.7. The van der Waals surface area contributed by atoms with Crippen molar-refractivity contribution >= 4 is 17.9 Å². The summed E-state index contributed by atoms with van der Waals surface area (Å²) in [6, 6.07) is -0.529. The van der Waals surface area contributed by atoms with Gasteiger partial charge in [0.2, 0.25) is 5.91 Å². The van der Waals surface area contributed by atoms with Crippen LogP contribution < -0.4 is 10.6 Å². The third-order valence-corrected chi connectivity index (χ3v) is 3.14. The van der Waals surface area contributed by atoms with Crippen LogP contribution in [0.2, 0.25) is 0 Å². The summed E-state index contributed by atoms with van der Waals surface area (Å²) < 4.78 is 0. The molecule has 1 aliphatic rings. The molecule has 1 aliphatic heterocycles. The van der Waals surface area contributed by atoms with Gasteiger partial charge in [0, 0.05) is 33.1 Å². The van der Waals surface area contributed by atoms with Gasteiger partial charge in [0.25, 0.3) is 0 Å². The lowest BCUT2D eigenvalue weighted by Crippen LogP contribution is -2.39. The first-order chi connectivity index (χ1) is 8.43. The van der Waals surface area contributed by atoms with Gasteiger partial charge in [-0.05, 0) is 5.92 Å². The summed E-state index contributed by atoms with van der Waals surface area (Å²) in [4.78, 5) is 35.1. The van der Waals surface area contributed by atoms with Crippen LogP contribution >= 0.6 is 0 Å². The van der Waals surface area contributed by atoms with E-state index in [1.54, 1.807) is 0 Å². The number of nitrogens with one attached hydrogen (secondary N) is 2. The molecule has 1 fully saturated rings. The predicted molar refractivity (Wildman–Crippen MR) is 63.9 cm³/mol. The fraction of sp³-hybridized carbons (Fsp3) is 0.727. The maximum absolute atomic E-state index is 11.4. The first kappa shape index (κ1) is 14.4. The zero-order chi connectivity index (χ0) is 13.7. The number of carboxylic acids is 1. The highest BCUT2D eigenvalue weighted by Gasteiger charge is 2.34. The predicted octanol–water partition coefficient (Wildman–Crippen LogP) is -0.515. The highest BCUT2D eigenvalue weighted by atomic mass is 16.4. The Morgan fingerprint density at radius 1 is 1.33 bits per heavy atom. The molecule has 0 bridgehead atoms. The average Bonchev–Trinajstić information content (AvgIpc) is 2.68. The quantitative estimate of drug-likeness (QED) is 0.629. The molecule has 0 aromatic heterocycles. The number of urea groups is 1. The summed E-state index contributed by atoms with van der Waals surface area (Å²) in [5.41, 5.74) is 0. The van der Waals surface area contributed by atoms with E-state index in [9.17, 15) is 14.4 Å². The smallest absolute Gasteiger partial charge is 0.321 e. The second-order valence-electron chi connectivity index (χ2n) is 4.56. The number of likely N-dealkylation sites (tertiary alicyclic amines) is 1. The summed E-state index contributed by atoms with van der Waals surface area (Å²) in [5.74, 6) is -1.43. The van der Waals surface area contributed by atoms with Crippen molar-refractivity contribution in [1.29, 1.82) is 0 Å². The first-order valence-corrected chi connectivity index (χ1v) is 5.90. The Bertz CT molecular complexity index is 345. The lowest BCUT2D eigenvalue weighted by atomic mass is 9.99. The SMILES string of the molecule is CNC(=O)NC(=O)CCN1CC(C)C(C(=O)O)C1. The number of carbonyl (C=O) groups excluding carboxylic acids is 2. The van der Waals surface area contributed by atoms with Crippen molar-refractivity contribution in [3.05, 3.63) is 0 Å². The van der Waals surface area contributed by atoms with E-state index in [2.05, 4.69) is 10.6 Å². The Morgan fingerprint density at radius 3 is 2.50 bits per heavy atom. The topological polar surface area (TPSA) is 98.7 Å². The minimum absolute atomic E-state index is 0.0875. The van der Waals surface area contributed by atoms with Crippen LogP contribution in [-0.2, 0) is 9.59 Å². The van der Waals surface area contributed by atoms with E-state index in [1.165, 1.54) is 7.05 Å². The van der Waals surface area contributed by atoms with Crippen LogP contribution in [0.5, 0.6) is 0 Å². The second-order valence-corrected chi connectivity index (χ2v) is 4.56. The molecule has 0 aliphatic carbocycles. The maximum atomic E-state index is 11.4. The second kappa shape index (κ2) is 6.34. The highest BCUT2D eigenvalue weighted by molar-refractivity contribution is 5.94. The van der Waals surface area contributed by atoms with Crippen molar-refractivity contribution in [2.45, 2.75) is 13.3 Å². The Kier molecular flexibility index (Phi) is 5.08. The lowest BCUT2D eigenvalue weighted by molar-refractivity contribution is -0.142. The minimum Gasteiger partial charge on any atom is -0.481 e. The maximum Gasteiger partial charge on any atom is 0.321 e. The van der Waals surface area contributed by atoms with E-state index in [0.29, 0.717) is 19.6 Å². The van der Waals surface area contributed by atoms with E-state index < -0.39 is 12.0 Å². The van der Waals surface area contributed by atoms with Gasteiger partial charge in [-0.1, -0.05) is 6.92 Å². The van der Waals surface area contributed by atoms with Crippen LogP contribution in [-0.4, -0.2) is 54.6 Å². The zero-order valence-corrected chi connectivity index (χ0v) is 10.6. The van der Waals surface area contributed by atoms with E-state index in [0.717, 1.165) is 0 Å². The van der Waals surface area contributed by atoms with E-state index >= 15 is 0 Å². The lowest BCUT2D eigenvalue weighted by Gasteiger charge is -2.14. The first-order valence-electron chi connectivity index (χ1n) is 5.90. The number of carbonyl (C=O) groups is 3. The number of rotatable bonds is 4. The number of aliphatic carboxylic acids is 1. The Labute approximate surface area is 106 Å². The van der Waals surface area contributed by atoms with Crippen LogP contribution in [0.25, 0.3) is 0 Å². The number of amides is 3. The molecule has 0 saturated carbocycles. The molecule has 2 atom stereocenters. The average molecular weight is 257 g/mol. The summed E-state index contributed by atoms with van der Waals surface area (Å²) in [6.45, 7) is 3.49. The molecular weight excluding hydrogens is 238 g/mol. The Morgan fingerprint density at radius 2 is 2.00 bits per heavy atom. The van der Waals surface area contributed by atoms with Crippen molar-refractivity contribution in [3.8, 4) is 0 Å². The number of imide groups is 1. The van der Waals surface area contributed by atoms with Crippen LogP contribution in [0.1, 0.15) is 13.3 Å². The van der Waals surface area contributed by atoms with Gasteiger partial charge in [0.1, 0.15) is 0 Å². The van der Waals surface area contributed by atoms with Crippen LogP contribution in [0.3, 0.4) is 0 Å². The van der Waals surface area contributed by atoms with Crippen molar-refractivity contribution in [3.63, 3.8) is 0 Å². The van der Waals surface area contributed by atoms with Crippen molar-refractivity contribution in [1.82, 2.24) is 15.5 Å². The van der Waals surface area contributed by atoms with Crippen molar-refractivity contribution in [2.24, 2.45) is 11.8 Å². The monoisotopic (exact) mass is 257 g/mol. The number of hydrogen-bond acceptors (Lipinski definition) is 4. The molecule has 0 aromatic rings. The minimum atomic E-state index is -0.792. The van der Waals surface area contributed by atoms with E-state index in [1.807, 2.05) is 11.8 Å². The van der Waals surface area contributed by atoms with Gasteiger partial charge in [-0.25, -0.2) is 4.79 Å². The molecule has 7 heteroatoms. The molecule has 1 heterocycles. The molecule has 18 heavy (non-hydrogen) atoms. The molecular formula is C11H19N3O4. The van der Waals surface area contributed by atoms with Crippen molar-refractivity contribution < 1.29 is 19.5 Å². The summed E-state index contributed by atoms with van der Waals surface area (Å²) in [5, 5.41) is 13.4. The number of carboxylic acid groups (broad SMARTS) is 1. The third-order valence-electron chi connectivity index (χ3n) is 3.14. The van der Waals surface area contributed by atoms with Gasteiger partial charge in [-0.2, -0.15) is 0 Å². The molecule has 0 radical (unpaired) electrons. The fourth-order valence-electron chi connectivity index (χ4n) is 2.08. The third kappa shape index (κ3) is 3.99. The molecule has 1 saturated heterocycles. The number of hydrogen-bond donors (Lipinski definition) is 3. The largest absolute Gasteiger partial charge is 0.481 e. The Hall–Kier alpha value is -1.63.